The number of aromatic carboxylic acids is 1. The second-order valence-corrected chi connectivity index (χ2v) is 3.09. The van der Waals surface area contributed by atoms with Gasteiger partial charge in [0.1, 0.15) is 5.69 Å². The zero-order chi connectivity index (χ0) is 9.42. The molecule has 66 valence electrons. The molecule has 2 aromatic rings. The van der Waals surface area contributed by atoms with Crippen molar-refractivity contribution in [3.05, 3.63) is 28.6 Å². The minimum atomic E-state index is -1.01. The number of carboxylic acid groups (broad SMARTS) is 1. The molecule has 0 bridgehead atoms. The van der Waals surface area contributed by atoms with Gasteiger partial charge in [0.15, 0.2) is 5.65 Å². The third-order valence-electron chi connectivity index (χ3n) is 1.61. The van der Waals surface area contributed by atoms with Gasteiger partial charge in [-0.1, -0.05) is 6.07 Å². The highest BCUT2D eigenvalue weighted by Crippen LogP contribution is 2.12. The van der Waals surface area contributed by atoms with Crippen molar-refractivity contribution in [2.45, 2.75) is 0 Å². The molecule has 2 rings (SSSR count). The number of hydrogen-bond acceptors (Lipinski definition) is 3. The van der Waals surface area contributed by atoms with E-state index in [1.54, 1.807) is 12.1 Å². The van der Waals surface area contributed by atoms with Crippen LogP contribution in [-0.2, 0) is 0 Å². The Labute approximate surface area is 81.1 Å². The van der Waals surface area contributed by atoms with Crippen molar-refractivity contribution in [1.29, 1.82) is 0 Å². The maximum absolute atomic E-state index is 10.8. The molecule has 2 aromatic heterocycles. The normalized spacial score (nSPS) is 10.5. The molecule has 6 heteroatoms. The van der Waals surface area contributed by atoms with Gasteiger partial charge in [-0.15, -0.1) is 10.2 Å². The zero-order valence-electron chi connectivity index (χ0n) is 6.31. The Kier molecular flexibility index (Phi) is 1.77. The number of nitrogens with zero attached hydrogens (tertiary/aromatic N) is 3. The van der Waals surface area contributed by atoms with Gasteiger partial charge in [0.25, 0.3) is 0 Å². The summed E-state index contributed by atoms with van der Waals surface area (Å²) in [6.07, 6.45) is 0. The fourth-order valence-corrected chi connectivity index (χ4v) is 1.53. The standard InChI is InChI=1S/C7H4BrN3O2/c8-7-10-9-5-3-1-2-4(6(12)13)11(5)7/h1-3H,(H,12,13). The fourth-order valence-electron chi connectivity index (χ4n) is 1.07. The molecule has 13 heavy (non-hydrogen) atoms. The molecular formula is C7H4BrN3O2. The molecule has 0 fully saturated rings. The van der Waals surface area contributed by atoms with Crippen LogP contribution in [0, 0.1) is 0 Å². The van der Waals surface area contributed by atoms with Gasteiger partial charge in [0, 0.05) is 0 Å². The highest BCUT2D eigenvalue weighted by molar-refractivity contribution is 9.10. The number of rotatable bonds is 1. The molecule has 0 aliphatic rings. The van der Waals surface area contributed by atoms with Crippen LogP contribution in [0.4, 0.5) is 0 Å². The Morgan fingerprint density at radius 3 is 2.92 bits per heavy atom. The Bertz CT molecular complexity index is 480. The molecule has 0 atom stereocenters. The van der Waals surface area contributed by atoms with E-state index in [-0.39, 0.29) is 5.69 Å². The van der Waals surface area contributed by atoms with Crippen molar-refractivity contribution < 1.29 is 9.90 Å². The lowest BCUT2D eigenvalue weighted by atomic mass is 10.3. The predicted molar refractivity (Wildman–Crippen MR) is 47.6 cm³/mol. The van der Waals surface area contributed by atoms with Gasteiger partial charge in [-0.3, -0.25) is 4.40 Å². The molecule has 1 N–H and O–H groups in total. The number of pyridine rings is 1. The van der Waals surface area contributed by atoms with Crippen molar-refractivity contribution >= 4 is 27.5 Å². The lowest BCUT2D eigenvalue weighted by molar-refractivity contribution is 0.0688. The molecular weight excluding hydrogens is 238 g/mol. The van der Waals surface area contributed by atoms with E-state index in [9.17, 15) is 4.79 Å². The largest absolute Gasteiger partial charge is 0.477 e. The maximum Gasteiger partial charge on any atom is 0.352 e. The van der Waals surface area contributed by atoms with Crippen LogP contribution in [0.15, 0.2) is 22.9 Å². The van der Waals surface area contributed by atoms with Gasteiger partial charge >= 0.3 is 5.97 Å². The number of halogens is 1. The van der Waals surface area contributed by atoms with Crippen LogP contribution >= 0.6 is 15.9 Å². The Hall–Kier alpha value is -1.43. The number of carboxylic acids is 1. The molecule has 0 aromatic carbocycles. The predicted octanol–water partition coefficient (Wildman–Crippen LogP) is 1.19. The SMILES string of the molecule is O=C(O)c1cccc2nnc(Br)n12. The highest BCUT2D eigenvalue weighted by atomic mass is 79.9. The van der Waals surface area contributed by atoms with Gasteiger partial charge in [0.2, 0.25) is 4.73 Å². The first-order valence-electron chi connectivity index (χ1n) is 3.43. The summed E-state index contributed by atoms with van der Waals surface area (Å²) in [7, 11) is 0. The molecule has 0 aliphatic heterocycles. The van der Waals surface area contributed by atoms with Crippen LogP contribution in [0.25, 0.3) is 5.65 Å². The van der Waals surface area contributed by atoms with Crippen LogP contribution in [-0.4, -0.2) is 25.7 Å². The lowest BCUT2D eigenvalue weighted by Gasteiger charge is -1.98. The van der Waals surface area contributed by atoms with Crippen LogP contribution in [0.1, 0.15) is 10.5 Å². The van der Waals surface area contributed by atoms with Crippen LogP contribution < -0.4 is 0 Å². The first-order valence-corrected chi connectivity index (χ1v) is 4.22. The van der Waals surface area contributed by atoms with Gasteiger partial charge < -0.3 is 5.11 Å². The summed E-state index contributed by atoms with van der Waals surface area (Å²) in [6, 6.07) is 4.80. The highest BCUT2D eigenvalue weighted by Gasteiger charge is 2.11. The van der Waals surface area contributed by atoms with E-state index >= 15 is 0 Å². The third-order valence-corrected chi connectivity index (χ3v) is 2.12. The molecule has 0 saturated carbocycles. The van der Waals surface area contributed by atoms with E-state index in [2.05, 4.69) is 26.1 Å². The number of aromatic nitrogens is 3. The first kappa shape index (κ1) is 8.18. The van der Waals surface area contributed by atoms with Gasteiger partial charge in [-0.25, -0.2) is 4.79 Å². The quantitative estimate of drug-likeness (QED) is 0.815. The average molecular weight is 242 g/mol. The number of hydrogen-bond donors (Lipinski definition) is 1. The van der Waals surface area contributed by atoms with E-state index in [0.29, 0.717) is 10.4 Å². The average Bonchev–Trinajstić information content (AvgIpc) is 2.48. The molecule has 5 nitrogen and oxygen atoms in total. The second-order valence-electron chi connectivity index (χ2n) is 2.38. The Morgan fingerprint density at radius 1 is 1.46 bits per heavy atom. The van der Waals surface area contributed by atoms with Crippen molar-refractivity contribution in [2.24, 2.45) is 0 Å². The van der Waals surface area contributed by atoms with Gasteiger partial charge in [-0.2, -0.15) is 0 Å². The second kappa shape index (κ2) is 2.81. The van der Waals surface area contributed by atoms with Gasteiger partial charge in [0.05, 0.1) is 0 Å². The van der Waals surface area contributed by atoms with Crippen LogP contribution in [0.2, 0.25) is 0 Å². The molecule has 0 saturated heterocycles. The summed E-state index contributed by atoms with van der Waals surface area (Å²) in [6.45, 7) is 0. The number of fused-ring (bicyclic) bond motifs is 1. The number of carbonyl (C=O) groups is 1. The Morgan fingerprint density at radius 2 is 2.23 bits per heavy atom. The topological polar surface area (TPSA) is 67.5 Å². The third kappa shape index (κ3) is 1.19. The minimum Gasteiger partial charge on any atom is -0.477 e. The van der Waals surface area contributed by atoms with E-state index in [0.717, 1.165) is 0 Å². The molecule has 0 amide bonds. The van der Waals surface area contributed by atoms with E-state index in [1.165, 1.54) is 10.5 Å². The van der Waals surface area contributed by atoms with Crippen LogP contribution in [0.5, 0.6) is 0 Å². The molecule has 0 spiro atoms. The summed E-state index contributed by atoms with van der Waals surface area (Å²) < 4.78 is 1.81. The minimum absolute atomic E-state index is 0.134. The molecule has 0 radical (unpaired) electrons. The van der Waals surface area contributed by atoms with Crippen molar-refractivity contribution in [3.8, 4) is 0 Å². The smallest absolute Gasteiger partial charge is 0.352 e. The summed E-state index contributed by atoms with van der Waals surface area (Å²) in [5, 5.41) is 16.3. The fraction of sp³-hybridized carbons (Fsp3) is 0. The van der Waals surface area contributed by atoms with Crippen molar-refractivity contribution in [3.63, 3.8) is 0 Å². The molecule has 2 heterocycles. The van der Waals surface area contributed by atoms with Crippen molar-refractivity contribution in [2.75, 3.05) is 0 Å². The summed E-state index contributed by atoms with van der Waals surface area (Å²) in [4.78, 5) is 10.8. The zero-order valence-corrected chi connectivity index (χ0v) is 7.89. The van der Waals surface area contributed by atoms with Gasteiger partial charge in [-0.05, 0) is 28.1 Å². The Balaban J connectivity index is 2.88. The molecule has 0 unspecified atom stereocenters. The van der Waals surface area contributed by atoms with Crippen LogP contribution in [0.3, 0.4) is 0 Å². The summed E-state index contributed by atoms with van der Waals surface area (Å²) in [5.74, 6) is -1.01. The van der Waals surface area contributed by atoms with E-state index < -0.39 is 5.97 Å². The monoisotopic (exact) mass is 241 g/mol. The van der Waals surface area contributed by atoms with E-state index in [1.807, 2.05) is 0 Å². The van der Waals surface area contributed by atoms with Crippen molar-refractivity contribution in [1.82, 2.24) is 14.6 Å². The summed E-state index contributed by atoms with van der Waals surface area (Å²) >= 11 is 3.11. The summed E-state index contributed by atoms with van der Waals surface area (Å²) in [5.41, 5.74) is 0.640. The first-order chi connectivity index (χ1) is 6.20. The lowest BCUT2D eigenvalue weighted by Crippen LogP contribution is -2.04. The molecule has 0 aliphatic carbocycles. The maximum atomic E-state index is 10.8. The van der Waals surface area contributed by atoms with E-state index in [4.69, 9.17) is 5.11 Å².